The molecule has 1 fully saturated rings. The first-order chi connectivity index (χ1) is 9.83. The second-order valence-electron chi connectivity index (χ2n) is 6.11. The first-order valence-electron chi connectivity index (χ1n) is 6.96. The van der Waals surface area contributed by atoms with Gasteiger partial charge in [-0.05, 0) is 32.8 Å². The van der Waals surface area contributed by atoms with Crippen LogP contribution < -0.4 is 0 Å². The average molecular weight is 291 g/mol. The fourth-order valence-electron chi connectivity index (χ4n) is 2.30. The Bertz CT molecular complexity index is 521. The minimum absolute atomic E-state index is 0.199. The molecule has 2 atom stereocenters. The van der Waals surface area contributed by atoms with E-state index in [0.29, 0.717) is 6.42 Å². The standard InChI is InChI=1S/C16H21NO4/c1-16(2,3)21-15(19)17-12(13(17)14(18)20-4)10-11-8-6-5-7-9-11/h5-9,12-13H,10H2,1-4H3/t12-,13+,17?/m1/s1. The Morgan fingerprint density at radius 3 is 2.33 bits per heavy atom. The third-order valence-electron chi connectivity index (χ3n) is 3.27. The van der Waals surface area contributed by atoms with Crippen LogP contribution in [0.5, 0.6) is 0 Å². The molecule has 0 radical (unpaired) electrons. The first-order valence-corrected chi connectivity index (χ1v) is 6.96. The molecule has 1 aromatic carbocycles. The van der Waals surface area contributed by atoms with Crippen molar-refractivity contribution < 1.29 is 19.1 Å². The van der Waals surface area contributed by atoms with Gasteiger partial charge in [-0.2, -0.15) is 0 Å². The van der Waals surface area contributed by atoms with Crippen LogP contribution in [0, 0.1) is 0 Å². The lowest BCUT2D eigenvalue weighted by Crippen LogP contribution is -2.29. The highest BCUT2D eigenvalue weighted by Crippen LogP contribution is 2.34. The van der Waals surface area contributed by atoms with E-state index in [1.54, 1.807) is 20.8 Å². The van der Waals surface area contributed by atoms with Gasteiger partial charge in [-0.25, -0.2) is 9.59 Å². The van der Waals surface area contributed by atoms with Crippen LogP contribution in [-0.2, 0) is 20.7 Å². The molecule has 0 saturated carbocycles. The van der Waals surface area contributed by atoms with Gasteiger partial charge in [-0.15, -0.1) is 0 Å². The number of hydrogen-bond acceptors (Lipinski definition) is 4. The summed E-state index contributed by atoms with van der Waals surface area (Å²) < 4.78 is 10.1. The Balaban J connectivity index is 2.08. The van der Waals surface area contributed by atoms with Gasteiger partial charge in [0.1, 0.15) is 5.60 Å². The molecule has 0 bridgehead atoms. The molecule has 0 spiro atoms. The van der Waals surface area contributed by atoms with Crippen LogP contribution in [0.15, 0.2) is 30.3 Å². The summed E-state index contributed by atoms with van der Waals surface area (Å²) in [5.41, 5.74) is 0.486. The summed E-state index contributed by atoms with van der Waals surface area (Å²) >= 11 is 0. The summed E-state index contributed by atoms with van der Waals surface area (Å²) in [7, 11) is 1.33. The largest absolute Gasteiger partial charge is 0.467 e. The van der Waals surface area contributed by atoms with Crippen molar-refractivity contribution in [1.29, 1.82) is 0 Å². The Morgan fingerprint density at radius 1 is 1.19 bits per heavy atom. The number of methoxy groups -OCH3 is 1. The summed E-state index contributed by atoms with van der Waals surface area (Å²) in [5.74, 6) is -0.401. The van der Waals surface area contributed by atoms with E-state index >= 15 is 0 Å². The smallest absolute Gasteiger partial charge is 0.411 e. The van der Waals surface area contributed by atoms with Crippen molar-refractivity contribution >= 4 is 12.1 Å². The average Bonchev–Trinajstić information content (AvgIpc) is 3.11. The number of carbonyl (C=O) groups is 2. The van der Waals surface area contributed by atoms with Gasteiger partial charge in [0.15, 0.2) is 6.04 Å². The number of ether oxygens (including phenoxy) is 2. The molecule has 2 rings (SSSR count). The van der Waals surface area contributed by atoms with Gasteiger partial charge < -0.3 is 9.47 Å². The van der Waals surface area contributed by atoms with E-state index in [2.05, 4.69) is 0 Å². The van der Waals surface area contributed by atoms with Crippen molar-refractivity contribution in [3.8, 4) is 0 Å². The number of esters is 1. The van der Waals surface area contributed by atoms with Crippen LogP contribution in [0.1, 0.15) is 26.3 Å². The van der Waals surface area contributed by atoms with Crippen molar-refractivity contribution in [2.45, 2.75) is 44.9 Å². The van der Waals surface area contributed by atoms with Crippen LogP contribution in [0.3, 0.4) is 0 Å². The lowest BCUT2D eigenvalue weighted by atomic mass is 10.1. The highest BCUT2D eigenvalue weighted by Gasteiger charge is 2.57. The molecular weight excluding hydrogens is 270 g/mol. The van der Waals surface area contributed by atoms with Crippen LogP contribution in [-0.4, -0.2) is 41.8 Å². The highest BCUT2D eigenvalue weighted by atomic mass is 16.6. The summed E-state index contributed by atoms with van der Waals surface area (Å²) in [6, 6.07) is 8.99. The number of amides is 1. The highest BCUT2D eigenvalue weighted by molar-refractivity contribution is 5.88. The lowest BCUT2D eigenvalue weighted by molar-refractivity contribution is -0.140. The van der Waals surface area contributed by atoms with E-state index in [1.165, 1.54) is 12.0 Å². The van der Waals surface area contributed by atoms with Crippen molar-refractivity contribution in [1.82, 2.24) is 4.90 Å². The lowest BCUT2D eigenvalue weighted by Gasteiger charge is -2.20. The quantitative estimate of drug-likeness (QED) is 0.634. The van der Waals surface area contributed by atoms with E-state index in [4.69, 9.17) is 9.47 Å². The predicted octanol–water partition coefficient (Wildman–Crippen LogP) is 2.39. The molecule has 1 aliphatic rings. The molecule has 114 valence electrons. The van der Waals surface area contributed by atoms with Crippen molar-refractivity contribution in [2.24, 2.45) is 0 Å². The van der Waals surface area contributed by atoms with Gasteiger partial charge in [0, 0.05) is 0 Å². The molecule has 1 heterocycles. The van der Waals surface area contributed by atoms with Gasteiger partial charge >= 0.3 is 12.1 Å². The Kier molecular flexibility index (Phi) is 4.21. The van der Waals surface area contributed by atoms with Gasteiger partial charge in [0.05, 0.1) is 13.2 Å². The van der Waals surface area contributed by atoms with Crippen molar-refractivity contribution in [3.63, 3.8) is 0 Å². The fourth-order valence-corrected chi connectivity index (χ4v) is 2.30. The van der Waals surface area contributed by atoms with Crippen LogP contribution in [0.2, 0.25) is 0 Å². The zero-order chi connectivity index (χ0) is 15.6. The molecule has 5 nitrogen and oxygen atoms in total. The van der Waals surface area contributed by atoms with Crippen LogP contribution >= 0.6 is 0 Å². The monoisotopic (exact) mass is 291 g/mol. The summed E-state index contributed by atoms with van der Waals surface area (Å²) in [4.78, 5) is 25.4. The zero-order valence-electron chi connectivity index (χ0n) is 12.8. The molecule has 1 aromatic rings. The molecule has 1 amide bonds. The number of carbonyl (C=O) groups excluding carboxylic acids is 2. The number of nitrogens with zero attached hydrogens (tertiary/aromatic N) is 1. The molecule has 0 N–H and O–H groups in total. The maximum Gasteiger partial charge on any atom is 0.411 e. The number of hydrogen-bond donors (Lipinski definition) is 0. The van der Waals surface area contributed by atoms with E-state index in [9.17, 15) is 9.59 Å². The second kappa shape index (κ2) is 5.76. The first kappa shape index (κ1) is 15.4. The van der Waals surface area contributed by atoms with Gasteiger partial charge in [-0.3, -0.25) is 4.90 Å². The number of rotatable bonds is 3. The molecule has 0 aliphatic carbocycles. The summed E-state index contributed by atoms with van der Waals surface area (Å²) in [6.45, 7) is 5.40. The fraction of sp³-hybridized carbons (Fsp3) is 0.500. The molecule has 0 unspecified atom stereocenters. The molecular formula is C16H21NO4. The van der Waals surface area contributed by atoms with Gasteiger partial charge in [0.25, 0.3) is 0 Å². The minimum atomic E-state index is -0.586. The Labute approximate surface area is 124 Å². The molecule has 0 aromatic heterocycles. The maximum atomic E-state index is 12.1. The normalized spacial score (nSPS) is 20.9. The van der Waals surface area contributed by atoms with Crippen molar-refractivity contribution in [2.75, 3.05) is 7.11 Å². The SMILES string of the molecule is COC(=O)[C@@H]1[C@@H](Cc2ccccc2)N1C(=O)OC(C)(C)C. The zero-order valence-corrected chi connectivity index (χ0v) is 12.8. The van der Waals surface area contributed by atoms with E-state index in [1.807, 2.05) is 30.3 Å². The molecule has 1 saturated heterocycles. The molecule has 1 aliphatic heterocycles. The van der Waals surface area contributed by atoms with Crippen molar-refractivity contribution in [3.05, 3.63) is 35.9 Å². The van der Waals surface area contributed by atoms with E-state index in [0.717, 1.165) is 5.56 Å². The third-order valence-corrected chi connectivity index (χ3v) is 3.27. The minimum Gasteiger partial charge on any atom is -0.467 e. The Hall–Kier alpha value is -2.04. The van der Waals surface area contributed by atoms with Gasteiger partial charge in [0.2, 0.25) is 0 Å². The summed E-state index contributed by atoms with van der Waals surface area (Å²) in [5, 5.41) is 0. The third kappa shape index (κ3) is 3.74. The molecule has 21 heavy (non-hydrogen) atoms. The molecule has 5 heteroatoms. The second-order valence-corrected chi connectivity index (χ2v) is 6.11. The maximum absolute atomic E-state index is 12.1. The summed E-state index contributed by atoms with van der Waals surface area (Å²) in [6.07, 6.45) is 0.138. The van der Waals surface area contributed by atoms with E-state index < -0.39 is 23.7 Å². The predicted molar refractivity (Wildman–Crippen MR) is 77.8 cm³/mol. The topological polar surface area (TPSA) is 55.6 Å². The van der Waals surface area contributed by atoms with Crippen LogP contribution in [0.4, 0.5) is 4.79 Å². The number of benzene rings is 1. The van der Waals surface area contributed by atoms with E-state index in [-0.39, 0.29) is 6.04 Å². The van der Waals surface area contributed by atoms with Gasteiger partial charge in [-0.1, -0.05) is 30.3 Å². The van der Waals surface area contributed by atoms with Crippen LogP contribution in [0.25, 0.3) is 0 Å². The Morgan fingerprint density at radius 2 is 1.81 bits per heavy atom.